The molecule has 1 aliphatic carbocycles. The van der Waals surface area contributed by atoms with Gasteiger partial charge in [-0.15, -0.1) is 5.10 Å². The second-order valence-electron chi connectivity index (χ2n) is 7.94. The first-order chi connectivity index (χ1) is 14.7. The molecule has 0 atom stereocenters. The molecular formula is C22H27N7O. The predicted molar refractivity (Wildman–Crippen MR) is 117 cm³/mol. The highest BCUT2D eigenvalue weighted by Gasteiger charge is 2.21. The van der Waals surface area contributed by atoms with Crippen LogP contribution in [-0.4, -0.2) is 48.4 Å². The van der Waals surface area contributed by atoms with Gasteiger partial charge in [-0.1, -0.05) is 0 Å². The molecule has 4 aromatic heterocycles. The van der Waals surface area contributed by atoms with Crippen molar-refractivity contribution in [3.8, 4) is 11.3 Å². The number of anilines is 1. The van der Waals surface area contributed by atoms with Gasteiger partial charge in [0.15, 0.2) is 5.65 Å². The third-order valence-corrected chi connectivity index (χ3v) is 6.13. The Balaban J connectivity index is 1.42. The van der Waals surface area contributed by atoms with Crippen molar-refractivity contribution in [2.45, 2.75) is 58.2 Å². The maximum atomic E-state index is 5.46. The van der Waals surface area contributed by atoms with Gasteiger partial charge in [-0.3, -0.25) is 0 Å². The highest BCUT2D eigenvalue weighted by molar-refractivity contribution is 5.82. The van der Waals surface area contributed by atoms with Gasteiger partial charge in [0.25, 0.3) is 0 Å². The molecule has 8 heteroatoms. The van der Waals surface area contributed by atoms with Crippen LogP contribution in [0.25, 0.3) is 27.9 Å². The lowest BCUT2D eigenvalue weighted by atomic mass is 9.93. The summed E-state index contributed by atoms with van der Waals surface area (Å²) in [6.07, 6.45) is 8.53. The van der Waals surface area contributed by atoms with Crippen molar-refractivity contribution in [1.82, 2.24) is 29.1 Å². The fourth-order valence-electron chi connectivity index (χ4n) is 4.45. The molecule has 0 amide bonds. The Kier molecular flexibility index (Phi) is 4.86. The van der Waals surface area contributed by atoms with Gasteiger partial charge in [0.1, 0.15) is 11.3 Å². The molecule has 1 saturated carbocycles. The summed E-state index contributed by atoms with van der Waals surface area (Å²) in [7, 11) is 1.79. The average molecular weight is 406 g/mol. The molecular weight excluding hydrogens is 378 g/mol. The van der Waals surface area contributed by atoms with Crippen LogP contribution in [0.4, 0.5) is 5.95 Å². The number of hydrogen-bond donors (Lipinski definition) is 1. The standard InChI is InChI=1S/C22H27N7O/c1-4-28-14(2)24-19-10-9-18(26-21(19)28)17-11-12-29-20(17)13-23-22(27-29)25-15-5-7-16(30-3)8-6-15/h9-13,15-16H,4-8H2,1-3H3,(H,25,27). The SMILES string of the molecule is CCn1c(C)nc2ccc(-c3ccn4nc(NC5CCC(OC)CC5)ncc34)nc21. The van der Waals surface area contributed by atoms with Gasteiger partial charge in [-0.05, 0) is 57.7 Å². The molecule has 1 aliphatic rings. The molecule has 1 N–H and O–H groups in total. The van der Waals surface area contributed by atoms with Gasteiger partial charge in [-0.2, -0.15) is 0 Å². The lowest BCUT2D eigenvalue weighted by Gasteiger charge is -2.28. The lowest BCUT2D eigenvalue weighted by Crippen LogP contribution is -2.30. The van der Waals surface area contributed by atoms with Gasteiger partial charge in [0.05, 0.1) is 23.5 Å². The number of hydrogen-bond acceptors (Lipinski definition) is 6. The van der Waals surface area contributed by atoms with Crippen molar-refractivity contribution in [1.29, 1.82) is 0 Å². The van der Waals surface area contributed by atoms with E-state index >= 15 is 0 Å². The Bertz CT molecular complexity index is 1190. The molecule has 156 valence electrons. The largest absolute Gasteiger partial charge is 0.381 e. The van der Waals surface area contributed by atoms with Crippen molar-refractivity contribution >= 4 is 22.6 Å². The summed E-state index contributed by atoms with van der Waals surface area (Å²) < 4.78 is 9.47. The Hall–Kier alpha value is -3.00. The van der Waals surface area contributed by atoms with E-state index in [1.165, 1.54) is 0 Å². The summed E-state index contributed by atoms with van der Waals surface area (Å²) in [6.45, 7) is 4.98. The van der Waals surface area contributed by atoms with E-state index in [1.807, 2.05) is 42.0 Å². The van der Waals surface area contributed by atoms with E-state index in [4.69, 9.17) is 9.72 Å². The van der Waals surface area contributed by atoms with E-state index in [0.717, 1.165) is 66.0 Å². The number of pyridine rings is 1. The summed E-state index contributed by atoms with van der Waals surface area (Å²) >= 11 is 0. The number of aryl methyl sites for hydroxylation is 2. The van der Waals surface area contributed by atoms with Crippen molar-refractivity contribution in [3.63, 3.8) is 0 Å². The fraction of sp³-hybridized carbons (Fsp3) is 0.455. The van der Waals surface area contributed by atoms with Crippen LogP contribution < -0.4 is 5.32 Å². The summed E-state index contributed by atoms with van der Waals surface area (Å²) in [6, 6.07) is 6.49. The van der Waals surface area contributed by atoms with Crippen LogP contribution in [0.2, 0.25) is 0 Å². The Morgan fingerprint density at radius 1 is 1.13 bits per heavy atom. The highest BCUT2D eigenvalue weighted by Crippen LogP contribution is 2.27. The molecule has 4 heterocycles. The monoisotopic (exact) mass is 405 g/mol. The summed E-state index contributed by atoms with van der Waals surface area (Å²) in [5.74, 6) is 1.64. The number of imidazole rings is 1. The minimum absolute atomic E-state index is 0.385. The average Bonchev–Trinajstić information content (AvgIpc) is 3.33. The third-order valence-electron chi connectivity index (χ3n) is 6.13. The highest BCUT2D eigenvalue weighted by atomic mass is 16.5. The minimum atomic E-state index is 0.385. The number of rotatable bonds is 5. The summed E-state index contributed by atoms with van der Waals surface area (Å²) in [5, 5.41) is 8.16. The number of aromatic nitrogens is 6. The van der Waals surface area contributed by atoms with E-state index < -0.39 is 0 Å². The Morgan fingerprint density at radius 2 is 1.97 bits per heavy atom. The molecule has 0 saturated heterocycles. The van der Waals surface area contributed by atoms with Crippen LogP contribution in [-0.2, 0) is 11.3 Å². The van der Waals surface area contributed by atoms with E-state index in [-0.39, 0.29) is 0 Å². The van der Waals surface area contributed by atoms with E-state index in [2.05, 4.69) is 31.9 Å². The van der Waals surface area contributed by atoms with E-state index in [0.29, 0.717) is 18.1 Å². The van der Waals surface area contributed by atoms with E-state index in [9.17, 15) is 0 Å². The van der Waals surface area contributed by atoms with Crippen LogP contribution in [0.5, 0.6) is 0 Å². The molecule has 0 radical (unpaired) electrons. The topological polar surface area (TPSA) is 82.2 Å². The van der Waals surface area contributed by atoms with Crippen LogP contribution in [0.3, 0.4) is 0 Å². The first-order valence-corrected chi connectivity index (χ1v) is 10.6. The summed E-state index contributed by atoms with van der Waals surface area (Å²) in [5.41, 5.74) is 4.70. The molecule has 0 spiro atoms. The first-order valence-electron chi connectivity index (χ1n) is 10.6. The zero-order valence-electron chi connectivity index (χ0n) is 17.7. The zero-order valence-corrected chi connectivity index (χ0v) is 17.7. The Morgan fingerprint density at radius 3 is 2.73 bits per heavy atom. The van der Waals surface area contributed by atoms with E-state index in [1.54, 1.807) is 7.11 Å². The minimum Gasteiger partial charge on any atom is -0.381 e. The molecule has 8 nitrogen and oxygen atoms in total. The number of nitrogens with zero attached hydrogens (tertiary/aromatic N) is 6. The van der Waals surface area contributed by atoms with Crippen molar-refractivity contribution in [2.75, 3.05) is 12.4 Å². The second kappa shape index (κ2) is 7.68. The van der Waals surface area contributed by atoms with Crippen LogP contribution in [0.15, 0.2) is 30.6 Å². The summed E-state index contributed by atoms with van der Waals surface area (Å²) in [4.78, 5) is 14.1. The molecule has 30 heavy (non-hydrogen) atoms. The molecule has 0 aliphatic heterocycles. The third kappa shape index (κ3) is 3.31. The zero-order chi connectivity index (χ0) is 20.7. The quantitative estimate of drug-likeness (QED) is 0.543. The van der Waals surface area contributed by atoms with Crippen LogP contribution in [0, 0.1) is 6.92 Å². The number of fused-ring (bicyclic) bond motifs is 2. The maximum Gasteiger partial charge on any atom is 0.241 e. The fourth-order valence-corrected chi connectivity index (χ4v) is 4.45. The molecule has 0 unspecified atom stereocenters. The van der Waals surface area contributed by atoms with Gasteiger partial charge >= 0.3 is 0 Å². The molecule has 5 rings (SSSR count). The van der Waals surface area contributed by atoms with Crippen LogP contribution >= 0.6 is 0 Å². The van der Waals surface area contributed by atoms with Gasteiger partial charge < -0.3 is 14.6 Å². The van der Waals surface area contributed by atoms with Crippen molar-refractivity contribution in [2.24, 2.45) is 0 Å². The normalized spacial score (nSPS) is 19.6. The Labute approximate surface area is 175 Å². The molecule has 0 aromatic carbocycles. The lowest BCUT2D eigenvalue weighted by molar-refractivity contribution is 0.0681. The smallest absolute Gasteiger partial charge is 0.241 e. The van der Waals surface area contributed by atoms with Crippen LogP contribution in [0.1, 0.15) is 38.4 Å². The number of ether oxygens (including phenoxy) is 1. The second-order valence-corrected chi connectivity index (χ2v) is 7.94. The van der Waals surface area contributed by atoms with Gasteiger partial charge in [0, 0.05) is 31.5 Å². The van der Waals surface area contributed by atoms with Crippen molar-refractivity contribution < 1.29 is 4.74 Å². The van der Waals surface area contributed by atoms with Crippen molar-refractivity contribution in [3.05, 3.63) is 36.4 Å². The van der Waals surface area contributed by atoms with Gasteiger partial charge in [0.2, 0.25) is 5.95 Å². The first kappa shape index (κ1) is 19.0. The predicted octanol–water partition coefficient (Wildman–Crippen LogP) is 3.84. The maximum absolute atomic E-state index is 5.46. The number of nitrogens with one attached hydrogen (secondary N) is 1. The molecule has 1 fully saturated rings. The molecule has 0 bridgehead atoms. The van der Waals surface area contributed by atoms with Gasteiger partial charge in [-0.25, -0.2) is 19.5 Å². The number of methoxy groups -OCH3 is 1. The molecule has 4 aromatic rings.